The van der Waals surface area contributed by atoms with Crippen LogP contribution in [0.15, 0.2) is 12.1 Å². The molecule has 1 aromatic carbocycles. The third-order valence-electron chi connectivity index (χ3n) is 2.18. The highest BCUT2D eigenvalue weighted by molar-refractivity contribution is 6.00. The Kier molecular flexibility index (Phi) is 3.67. The van der Waals surface area contributed by atoms with Gasteiger partial charge in [-0.25, -0.2) is 0 Å². The molecule has 0 aliphatic rings. The number of nitro benzene ring substituents is 1. The molecular weight excluding hydrogens is 226 g/mol. The molecule has 92 valence electrons. The predicted octanol–water partition coefficient (Wildman–Crippen LogP) is 2.23. The number of nitrogens with zero attached hydrogens (tertiary/aromatic N) is 1. The number of phenols is 2. The van der Waals surface area contributed by atoms with Crippen LogP contribution in [0.2, 0.25) is 0 Å². The van der Waals surface area contributed by atoms with Gasteiger partial charge in [0, 0.05) is 12.5 Å². The van der Waals surface area contributed by atoms with E-state index in [4.69, 9.17) is 0 Å². The molecule has 0 saturated heterocycles. The van der Waals surface area contributed by atoms with Crippen molar-refractivity contribution in [3.8, 4) is 11.5 Å². The number of Topliss-reactive ketones (excluding diaryl/α,β-unsaturated/α-hetero) is 1. The van der Waals surface area contributed by atoms with Crippen LogP contribution >= 0.6 is 0 Å². The normalized spacial score (nSPS) is 10.5. The van der Waals surface area contributed by atoms with Gasteiger partial charge in [-0.1, -0.05) is 13.8 Å². The summed E-state index contributed by atoms with van der Waals surface area (Å²) in [7, 11) is 0. The molecule has 2 N–H and O–H groups in total. The molecule has 0 fully saturated rings. The molecule has 0 aliphatic heterocycles. The fourth-order valence-electron chi connectivity index (χ4n) is 1.42. The molecule has 6 heteroatoms. The van der Waals surface area contributed by atoms with Gasteiger partial charge in [-0.05, 0) is 5.92 Å². The molecule has 0 radical (unpaired) electrons. The van der Waals surface area contributed by atoms with Crippen molar-refractivity contribution in [2.75, 3.05) is 0 Å². The first-order valence-corrected chi connectivity index (χ1v) is 5.06. The molecule has 0 spiro atoms. The third kappa shape index (κ3) is 2.93. The van der Waals surface area contributed by atoms with Crippen molar-refractivity contribution >= 4 is 11.5 Å². The Morgan fingerprint density at radius 1 is 1.35 bits per heavy atom. The summed E-state index contributed by atoms with van der Waals surface area (Å²) in [5.41, 5.74) is -0.676. The number of hydrogen-bond acceptors (Lipinski definition) is 5. The number of rotatable bonds is 4. The Morgan fingerprint density at radius 2 is 1.88 bits per heavy atom. The average Bonchev–Trinajstić information content (AvgIpc) is 2.19. The first kappa shape index (κ1) is 13.0. The Balaban J connectivity index is 3.26. The van der Waals surface area contributed by atoms with Crippen molar-refractivity contribution in [1.29, 1.82) is 0 Å². The van der Waals surface area contributed by atoms with Gasteiger partial charge < -0.3 is 10.2 Å². The summed E-state index contributed by atoms with van der Waals surface area (Å²) in [6, 6.07) is 1.71. The first-order valence-electron chi connectivity index (χ1n) is 5.06. The summed E-state index contributed by atoms with van der Waals surface area (Å²) in [5.74, 6) is -1.53. The maximum Gasteiger partial charge on any atom is 0.284 e. The molecule has 0 saturated carbocycles. The van der Waals surface area contributed by atoms with Crippen LogP contribution in [0.4, 0.5) is 5.69 Å². The zero-order valence-electron chi connectivity index (χ0n) is 9.51. The molecular formula is C11H13NO5. The highest BCUT2D eigenvalue weighted by atomic mass is 16.6. The van der Waals surface area contributed by atoms with Gasteiger partial charge in [0.2, 0.25) is 0 Å². The van der Waals surface area contributed by atoms with Gasteiger partial charge in [-0.15, -0.1) is 0 Å². The second kappa shape index (κ2) is 4.82. The minimum atomic E-state index is -0.757. The summed E-state index contributed by atoms with van der Waals surface area (Å²) in [4.78, 5) is 21.7. The van der Waals surface area contributed by atoms with Gasteiger partial charge in [0.25, 0.3) is 5.69 Å². The van der Waals surface area contributed by atoms with Crippen LogP contribution in [-0.2, 0) is 0 Å². The van der Waals surface area contributed by atoms with Gasteiger partial charge in [-0.3, -0.25) is 14.9 Å². The Bertz CT molecular complexity index is 467. The standard InChI is InChI=1S/C11H13NO5/c1-6(2)3-9(13)7-4-10(14)11(15)5-8(7)12(16)17/h4-6,14-15H,3H2,1-2H3. The summed E-state index contributed by atoms with van der Waals surface area (Å²) >= 11 is 0. The van der Waals surface area contributed by atoms with E-state index >= 15 is 0 Å². The van der Waals surface area contributed by atoms with Crippen LogP contribution in [0.3, 0.4) is 0 Å². The number of benzene rings is 1. The number of nitro groups is 1. The maximum absolute atomic E-state index is 11.7. The lowest BCUT2D eigenvalue weighted by Crippen LogP contribution is -2.06. The van der Waals surface area contributed by atoms with Crippen LogP contribution in [0, 0.1) is 16.0 Å². The molecule has 6 nitrogen and oxygen atoms in total. The van der Waals surface area contributed by atoms with Crippen molar-refractivity contribution in [3.05, 3.63) is 27.8 Å². The lowest BCUT2D eigenvalue weighted by Gasteiger charge is -2.06. The molecule has 0 heterocycles. The van der Waals surface area contributed by atoms with E-state index in [1.165, 1.54) is 0 Å². The molecule has 1 aromatic rings. The molecule has 0 atom stereocenters. The maximum atomic E-state index is 11.7. The van der Waals surface area contributed by atoms with Crippen molar-refractivity contribution in [3.63, 3.8) is 0 Å². The van der Waals surface area contributed by atoms with Gasteiger partial charge in [0.1, 0.15) is 0 Å². The zero-order chi connectivity index (χ0) is 13.2. The van der Waals surface area contributed by atoms with Crippen LogP contribution in [0.25, 0.3) is 0 Å². The lowest BCUT2D eigenvalue weighted by molar-refractivity contribution is -0.385. The highest BCUT2D eigenvalue weighted by Crippen LogP contribution is 2.33. The molecule has 0 unspecified atom stereocenters. The molecule has 1 rings (SSSR count). The number of carbonyl (C=O) groups is 1. The minimum Gasteiger partial charge on any atom is -0.504 e. The van der Waals surface area contributed by atoms with E-state index in [-0.39, 0.29) is 17.9 Å². The second-order valence-corrected chi connectivity index (χ2v) is 4.14. The summed E-state index contributed by atoms with van der Waals surface area (Å²) in [6.45, 7) is 3.62. The minimum absolute atomic E-state index is 0.0537. The summed E-state index contributed by atoms with van der Waals surface area (Å²) < 4.78 is 0. The van der Waals surface area contributed by atoms with E-state index in [9.17, 15) is 25.1 Å². The number of carbonyl (C=O) groups excluding carboxylic acids is 1. The van der Waals surface area contributed by atoms with Crippen molar-refractivity contribution in [2.24, 2.45) is 5.92 Å². The monoisotopic (exact) mass is 239 g/mol. The number of phenolic OH excluding ortho intramolecular Hbond substituents is 2. The lowest BCUT2D eigenvalue weighted by atomic mass is 9.99. The molecule has 0 bridgehead atoms. The van der Waals surface area contributed by atoms with E-state index in [1.807, 2.05) is 13.8 Å². The van der Waals surface area contributed by atoms with E-state index in [2.05, 4.69) is 0 Å². The first-order chi connectivity index (χ1) is 7.82. The van der Waals surface area contributed by atoms with Crippen LogP contribution in [0.5, 0.6) is 11.5 Å². The van der Waals surface area contributed by atoms with Gasteiger partial charge in [-0.2, -0.15) is 0 Å². The van der Waals surface area contributed by atoms with Crippen LogP contribution < -0.4 is 0 Å². The fraction of sp³-hybridized carbons (Fsp3) is 0.364. The second-order valence-electron chi connectivity index (χ2n) is 4.14. The van der Waals surface area contributed by atoms with E-state index in [0.29, 0.717) is 0 Å². The fourth-order valence-corrected chi connectivity index (χ4v) is 1.42. The zero-order valence-corrected chi connectivity index (χ0v) is 9.51. The van der Waals surface area contributed by atoms with Gasteiger partial charge >= 0.3 is 0 Å². The number of hydrogen-bond donors (Lipinski definition) is 2. The Labute approximate surface area is 97.7 Å². The molecule has 0 aromatic heterocycles. The van der Waals surface area contributed by atoms with E-state index in [1.54, 1.807) is 0 Å². The van der Waals surface area contributed by atoms with Gasteiger partial charge in [0.05, 0.1) is 16.6 Å². The van der Waals surface area contributed by atoms with Gasteiger partial charge in [0.15, 0.2) is 17.3 Å². The summed E-state index contributed by atoms with van der Waals surface area (Å²) in [5, 5.41) is 29.2. The van der Waals surface area contributed by atoms with Crippen LogP contribution in [0.1, 0.15) is 30.6 Å². The molecule has 0 aliphatic carbocycles. The van der Waals surface area contributed by atoms with Crippen LogP contribution in [-0.4, -0.2) is 20.9 Å². The third-order valence-corrected chi connectivity index (χ3v) is 2.18. The molecule has 17 heavy (non-hydrogen) atoms. The summed E-state index contributed by atoms with van der Waals surface area (Å²) in [6.07, 6.45) is 0.144. The topological polar surface area (TPSA) is 101 Å². The Hall–Kier alpha value is -2.11. The SMILES string of the molecule is CC(C)CC(=O)c1cc(O)c(O)cc1[N+](=O)[O-]. The van der Waals surface area contributed by atoms with E-state index in [0.717, 1.165) is 12.1 Å². The quantitative estimate of drug-likeness (QED) is 0.363. The number of aromatic hydroxyl groups is 2. The highest BCUT2D eigenvalue weighted by Gasteiger charge is 2.23. The Morgan fingerprint density at radius 3 is 2.35 bits per heavy atom. The predicted molar refractivity (Wildman–Crippen MR) is 60.2 cm³/mol. The van der Waals surface area contributed by atoms with Crippen molar-refractivity contribution in [1.82, 2.24) is 0 Å². The van der Waals surface area contributed by atoms with Crippen molar-refractivity contribution in [2.45, 2.75) is 20.3 Å². The average molecular weight is 239 g/mol. The van der Waals surface area contributed by atoms with E-state index < -0.39 is 27.9 Å². The smallest absolute Gasteiger partial charge is 0.284 e. The van der Waals surface area contributed by atoms with Crippen molar-refractivity contribution < 1.29 is 19.9 Å². The largest absolute Gasteiger partial charge is 0.504 e. The number of ketones is 1. The molecule has 0 amide bonds.